The minimum Gasteiger partial charge on any atom is -0.493 e. The molecule has 0 bridgehead atoms. The number of rotatable bonds is 7. The molecule has 1 heterocycles. The van der Waals surface area contributed by atoms with Gasteiger partial charge in [-0.25, -0.2) is 14.2 Å². The van der Waals surface area contributed by atoms with Gasteiger partial charge in [0.1, 0.15) is 5.56 Å². The van der Waals surface area contributed by atoms with Gasteiger partial charge in [-0.1, -0.05) is 43.6 Å². The summed E-state index contributed by atoms with van der Waals surface area (Å²) in [7, 11) is 0. The molecule has 32 heavy (non-hydrogen) atoms. The van der Waals surface area contributed by atoms with Crippen molar-refractivity contribution in [3.05, 3.63) is 85.0 Å². The van der Waals surface area contributed by atoms with Crippen LogP contribution >= 0.6 is 11.6 Å². The molecular weight excluding hydrogens is 434 g/mol. The van der Waals surface area contributed by atoms with E-state index in [4.69, 9.17) is 16.3 Å². The summed E-state index contributed by atoms with van der Waals surface area (Å²) in [6, 6.07) is 11.5. The Hall–Kier alpha value is -3.65. The van der Waals surface area contributed by atoms with Gasteiger partial charge in [0.05, 0.1) is 28.6 Å². The van der Waals surface area contributed by atoms with Gasteiger partial charge in [0, 0.05) is 6.21 Å². The van der Waals surface area contributed by atoms with Gasteiger partial charge < -0.3 is 9.84 Å². The molecule has 0 aliphatic heterocycles. The number of carbonyl (C=O) groups excluding carboxylic acids is 1. The minimum absolute atomic E-state index is 0.134. The van der Waals surface area contributed by atoms with E-state index in [-0.39, 0.29) is 22.8 Å². The Labute approximate surface area is 188 Å². The van der Waals surface area contributed by atoms with Gasteiger partial charge in [0.2, 0.25) is 5.88 Å². The summed E-state index contributed by atoms with van der Waals surface area (Å²) >= 11 is 6.09. The van der Waals surface area contributed by atoms with Gasteiger partial charge in [-0.3, -0.25) is 14.8 Å². The molecule has 0 saturated carbocycles. The number of benzene rings is 2. The van der Waals surface area contributed by atoms with E-state index < -0.39 is 23.1 Å². The Morgan fingerprint density at radius 2 is 1.97 bits per heavy atom. The molecule has 0 saturated heterocycles. The van der Waals surface area contributed by atoms with Crippen molar-refractivity contribution in [2.45, 2.75) is 26.7 Å². The molecule has 166 valence electrons. The van der Waals surface area contributed by atoms with Crippen molar-refractivity contribution in [3.63, 3.8) is 0 Å². The molecule has 0 atom stereocenters. The third-order valence-corrected chi connectivity index (χ3v) is 5.01. The number of carbonyl (C=O) groups is 1. The lowest BCUT2D eigenvalue weighted by atomic mass is 10.1. The van der Waals surface area contributed by atoms with Crippen LogP contribution in [-0.2, 0) is 11.2 Å². The van der Waals surface area contributed by atoms with Crippen molar-refractivity contribution >= 4 is 29.5 Å². The summed E-state index contributed by atoms with van der Waals surface area (Å²) in [4.78, 5) is 43.3. The van der Waals surface area contributed by atoms with E-state index in [2.05, 4.69) is 9.98 Å². The molecule has 0 aliphatic carbocycles. The average Bonchev–Trinajstić information content (AvgIpc) is 2.78. The number of aromatic hydroxyl groups is 1. The smallest absolute Gasteiger partial charge is 0.339 e. The number of esters is 1. The summed E-state index contributed by atoms with van der Waals surface area (Å²) in [5.41, 5.74) is -0.0571. The molecule has 0 spiro atoms. The molecule has 1 aromatic heterocycles. The number of hydrogen-bond acceptors (Lipinski definition) is 6. The van der Waals surface area contributed by atoms with Crippen LogP contribution < -0.4 is 11.2 Å². The van der Waals surface area contributed by atoms with Crippen LogP contribution in [0.4, 0.5) is 5.69 Å². The van der Waals surface area contributed by atoms with Gasteiger partial charge in [0.15, 0.2) is 0 Å². The fourth-order valence-corrected chi connectivity index (χ4v) is 3.26. The molecule has 0 amide bonds. The molecule has 8 nitrogen and oxygen atoms in total. The summed E-state index contributed by atoms with van der Waals surface area (Å²) in [5, 5.41) is 10.9. The topological polar surface area (TPSA) is 114 Å². The highest BCUT2D eigenvalue weighted by Gasteiger charge is 2.16. The SMILES string of the molecule is CCCOC(=O)c1cc(N=Cc2c(O)n(-c3ccccc3CC)c(=O)[nH]c2=O)ccc1Cl. The van der Waals surface area contributed by atoms with Crippen molar-refractivity contribution in [1.82, 2.24) is 9.55 Å². The third kappa shape index (κ3) is 4.81. The maximum absolute atomic E-state index is 12.4. The molecule has 3 aromatic rings. The van der Waals surface area contributed by atoms with Gasteiger partial charge >= 0.3 is 11.7 Å². The molecule has 3 rings (SSSR count). The second-order valence-corrected chi connectivity index (χ2v) is 7.28. The predicted molar refractivity (Wildman–Crippen MR) is 123 cm³/mol. The van der Waals surface area contributed by atoms with Crippen LogP contribution in [0.1, 0.15) is 41.8 Å². The average molecular weight is 456 g/mol. The zero-order valence-corrected chi connectivity index (χ0v) is 18.3. The summed E-state index contributed by atoms with van der Waals surface area (Å²) in [6.45, 7) is 4.04. The van der Waals surface area contributed by atoms with Crippen molar-refractivity contribution in [2.24, 2.45) is 4.99 Å². The van der Waals surface area contributed by atoms with E-state index in [0.29, 0.717) is 24.2 Å². The summed E-state index contributed by atoms with van der Waals surface area (Å²) in [6.07, 6.45) is 2.41. The lowest BCUT2D eigenvalue weighted by molar-refractivity contribution is 0.0505. The quantitative estimate of drug-likeness (QED) is 0.416. The maximum Gasteiger partial charge on any atom is 0.339 e. The summed E-state index contributed by atoms with van der Waals surface area (Å²) in [5.74, 6) is -1.13. The molecular formula is C23H22ClN3O5. The number of hydrogen-bond donors (Lipinski definition) is 2. The lowest BCUT2D eigenvalue weighted by Crippen LogP contribution is -2.31. The number of para-hydroxylation sites is 1. The molecule has 0 aliphatic rings. The maximum atomic E-state index is 12.4. The van der Waals surface area contributed by atoms with E-state index in [0.717, 1.165) is 16.3 Å². The van der Waals surface area contributed by atoms with Gasteiger partial charge in [-0.05, 0) is 42.7 Å². The molecule has 0 radical (unpaired) electrons. The molecule has 0 fully saturated rings. The highest BCUT2D eigenvalue weighted by molar-refractivity contribution is 6.33. The predicted octanol–water partition coefficient (Wildman–Crippen LogP) is 3.76. The Morgan fingerprint density at radius 1 is 1.22 bits per heavy atom. The number of aryl methyl sites for hydroxylation is 1. The fourth-order valence-electron chi connectivity index (χ4n) is 3.07. The first-order valence-corrected chi connectivity index (χ1v) is 10.4. The van der Waals surface area contributed by atoms with Crippen molar-refractivity contribution < 1.29 is 14.6 Å². The Kier molecular flexibility index (Phi) is 7.27. The Bertz CT molecular complexity index is 1290. The van der Waals surface area contributed by atoms with Crippen LogP contribution in [0, 0.1) is 0 Å². The van der Waals surface area contributed by atoms with Crippen molar-refractivity contribution in [2.75, 3.05) is 6.61 Å². The third-order valence-electron chi connectivity index (χ3n) is 4.68. The number of aromatic amines is 1. The van der Waals surface area contributed by atoms with Crippen molar-refractivity contribution in [3.8, 4) is 11.6 Å². The number of nitrogens with one attached hydrogen (secondary N) is 1. The largest absolute Gasteiger partial charge is 0.493 e. The molecule has 2 aromatic carbocycles. The first-order valence-electron chi connectivity index (χ1n) is 10.0. The fraction of sp³-hybridized carbons (Fsp3) is 0.217. The van der Waals surface area contributed by atoms with Crippen molar-refractivity contribution in [1.29, 1.82) is 0 Å². The summed E-state index contributed by atoms with van der Waals surface area (Å²) < 4.78 is 6.13. The first-order chi connectivity index (χ1) is 15.4. The van der Waals surface area contributed by atoms with E-state index in [1.54, 1.807) is 18.2 Å². The van der Waals surface area contributed by atoms with Gasteiger partial charge in [-0.15, -0.1) is 0 Å². The first kappa shape index (κ1) is 23.0. The molecule has 2 N–H and O–H groups in total. The van der Waals surface area contributed by atoms with Crippen LogP contribution in [0.2, 0.25) is 5.02 Å². The second-order valence-electron chi connectivity index (χ2n) is 6.87. The number of nitrogens with zero attached hydrogens (tertiary/aromatic N) is 2. The van der Waals surface area contributed by atoms with Crippen LogP contribution in [0.25, 0.3) is 5.69 Å². The molecule has 0 unspecified atom stereocenters. The normalized spacial score (nSPS) is 11.1. The van der Waals surface area contributed by atoms with Crippen LogP contribution in [0.15, 0.2) is 57.0 Å². The van der Waals surface area contributed by atoms with E-state index in [1.807, 2.05) is 26.0 Å². The van der Waals surface area contributed by atoms with Crippen LogP contribution in [0.3, 0.4) is 0 Å². The van der Waals surface area contributed by atoms with Crippen LogP contribution in [-0.4, -0.2) is 33.4 Å². The number of aromatic nitrogens is 2. The lowest BCUT2D eigenvalue weighted by Gasteiger charge is -2.13. The zero-order chi connectivity index (χ0) is 23.3. The highest BCUT2D eigenvalue weighted by atomic mass is 35.5. The van der Waals surface area contributed by atoms with Gasteiger partial charge in [0.25, 0.3) is 5.56 Å². The number of ether oxygens (including phenoxy) is 1. The Morgan fingerprint density at radius 3 is 2.69 bits per heavy atom. The zero-order valence-electron chi connectivity index (χ0n) is 17.6. The van der Waals surface area contributed by atoms with Gasteiger partial charge in [-0.2, -0.15) is 0 Å². The number of aliphatic imine (C=N–C) groups is 1. The van der Waals surface area contributed by atoms with E-state index in [1.165, 1.54) is 12.1 Å². The van der Waals surface area contributed by atoms with Crippen LogP contribution in [0.5, 0.6) is 5.88 Å². The standard InChI is InChI=1S/C23H22ClN3O5/c1-3-11-32-22(30)16-12-15(9-10-18(16)24)25-13-17-20(28)26-23(31)27(21(17)29)19-8-6-5-7-14(19)4-2/h5-10,12-13,29H,3-4,11H2,1-2H3,(H,26,28,31). The van der Waals surface area contributed by atoms with E-state index in [9.17, 15) is 19.5 Å². The minimum atomic E-state index is -0.793. The molecule has 9 heteroatoms. The second kappa shape index (κ2) is 10.1. The number of halogens is 1. The van der Waals surface area contributed by atoms with E-state index >= 15 is 0 Å². The highest BCUT2D eigenvalue weighted by Crippen LogP contribution is 2.24. The Balaban J connectivity index is 2.04. The number of H-pyrrole nitrogens is 1. The monoisotopic (exact) mass is 455 g/mol.